The van der Waals surface area contributed by atoms with E-state index in [9.17, 15) is 0 Å². The van der Waals surface area contributed by atoms with Crippen LogP contribution in [-0.4, -0.2) is 0 Å². The molecule has 94 valence electrons. The second-order valence-corrected chi connectivity index (χ2v) is 4.88. The van der Waals surface area contributed by atoms with Crippen LogP contribution in [-0.2, 0) is 0 Å². The van der Waals surface area contributed by atoms with Gasteiger partial charge >= 0.3 is 0 Å². The van der Waals surface area contributed by atoms with Crippen LogP contribution in [0.1, 0.15) is 25.8 Å². The molecular formula is C19H18. The molecule has 0 unspecified atom stereocenters. The van der Waals surface area contributed by atoms with Gasteiger partial charge in [0.25, 0.3) is 0 Å². The molecule has 0 aliphatic rings. The predicted molar refractivity (Wildman–Crippen MR) is 86.1 cm³/mol. The SMILES string of the molecule is C/C=C/c1ccc2cccc3cc/c(=C/CC)c1c23. The molecular weight excluding hydrogens is 228 g/mol. The van der Waals surface area contributed by atoms with Crippen LogP contribution >= 0.6 is 0 Å². The van der Waals surface area contributed by atoms with Crippen molar-refractivity contribution in [1.29, 1.82) is 0 Å². The maximum atomic E-state index is 2.31. The van der Waals surface area contributed by atoms with Gasteiger partial charge in [-0.15, -0.1) is 0 Å². The Balaban J connectivity index is 2.60. The fourth-order valence-corrected chi connectivity index (χ4v) is 2.84. The summed E-state index contributed by atoms with van der Waals surface area (Å²) >= 11 is 0. The third-order valence-electron chi connectivity index (χ3n) is 3.61. The highest BCUT2D eigenvalue weighted by atomic mass is 14.1. The first-order valence-corrected chi connectivity index (χ1v) is 6.92. The van der Waals surface area contributed by atoms with E-state index in [1.165, 1.54) is 32.3 Å². The van der Waals surface area contributed by atoms with Crippen molar-refractivity contribution in [3.8, 4) is 0 Å². The molecule has 0 saturated carbocycles. The predicted octanol–water partition coefficient (Wildman–Crippen LogP) is 4.94. The van der Waals surface area contributed by atoms with Crippen LogP contribution in [0.25, 0.3) is 33.7 Å². The van der Waals surface area contributed by atoms with Crippen molar-refractivity contribution in [2.75, 3.05) is 0 Å². The van der Waals surface area contributed by atoms with E-state index in [4.69, 9.17) is 0 Å². The van der Waals surface area contributed by atoms with Gasteiger partial charge in [0.2, 0.25) is 0 Å². The number of hydrogen-bond donors (Lipinski definition) is 0. The Morgan fingerprint density at radius 2 is 1.63 bits per heavy atom. The van der Waals surface area contributed by atoms with Crippen LogP contribution in [0.15, 0.2) is 48.5 Å². The van der Waals surface area contributed by atoms with Crippen molar-refractivity contribution < 1.29 is 0 Å². The van der Waals surface area contributed by atoms with Gasteiger partial charge in [0.05, 0.1) is 0 Å². The first-order valence-electron chi connectivity index (χ1n) is 6.92. The molecule has 0 aliphatic heterocycles. The van der Waals surface area contributed by atoms with E-state index in [-0.39, 0.29) is 0 Å². The smallest absolute Gasteiger partial charge is 0.00269 e. The second kappa shape index (κ2) is 4.89. The van der Waals surface area contributed by atoms with Crippen LogP contribution in [0, 0.1) is 0 Å². The maximum absolute atomic E-state index is 2.31. The van der Waals surface area contributed by atoms with Gasteiger partial charge in [-0.05, 0) is 45.7 Å². The molecule has 0 aliphatic carbocycles. The molecule has 0 heteroatoms. The minimum atomic E-state index is 1.06. The summed E-state index contributed by atoms with van der Waals surface area (Å²) in [7, 11) is 0. The molecule has 0 amide bonds. The summed E-state index contributed by atoms with van der Waals surface area (Å²) in [5.41, 5.74) is 1.31. The Morgan fingerprint density at radius 3 is 2.32 bits per heavy atom. The molecule has 0 radical (unpaired) electrons. The lowest BCUT2D eigenvalue weighted by Gasteiger charge is -2.09. The zero-order valence-electron chi connectivity index (χ0n) is 11.5. The number of allylic oxidation sites excluding steroid dienone is 1. The lowest BCUT2D eigenvalue weighted by Crippen LogP contribution is -2.03. The first-order chi connectivity index (χ1) is 9.35. The molecule has 0 saturated heterocycles. The zero-order chi connectivity index (χ0) is 13.2. The average molecular weight is 246 g/mol. The third-order valence-corrected chi connectivity index (χ3v) is 3.61. The first kappa shape index (κ1) is 12.0. The van der Waals surface area contributed by atoms with Crippen molar-refractivity contribution in [1.82, 2.24) is 0 Å². The zero-order valence-corrected chi connectivity index (χ0v) is 11.5. The summed E-state index contributed by atoms with van der Waals surface area (Å²) in [6.07, 6.45) is 7.69. The molecule has 0 heterocycles. The number of hydrogen-bond acceptors (Lipinski definition) is 0. The Kier molecular flexibility index (Phi) is 3.08. The monoisotopic (exact) mass is 246 g/mol. The van der Waals surface area contributed by atoms with Gasteiger partial charge in [0, 0.05) is 0 Å². The molecule has 0 N–H and O–H groups in total. The highest BCUT2D eigenvalue weighted by Gasteiger charge is 2.05. The summed E-state index contributed by atoms with van der Waals surface area (Å²) in [5, 5.41) is 6.77. The van der Waals surface area contributed by atoms with E-state index in [1.54, 1.807) is 0 Å². The fraction of sp³-hybridized carbons (Fsp3) is 0.158. The van der Waals surface area contributed by atoms with Crippen LogP contribution < -0.4 is 5.22 Å². The minimum absolute atomic E-state index is 1.06. The van der Waals surface area contributed by atoms with Crippen molar-refractivity contribution in [3.05, 3.63) is 59.3 Å². The van der Waals surface area contributed by atoms with Crippen LogP contribution in [0.3, 0.4) is 0 Å². The molecule has 0 fully saturated rings. The largest absolute Gasteiger partial charge is 0.0870 e. The van der Waals surface area contributed by atoms with Gasteiger partial charge in [-0.1, -0.05) is 67.6 Å². The highest BCUT2D eigenvalue weighted by molar-refractivity contribution is 6.12. The van der Waals surface area contributed by atoms with E-state index in [0.717, 1.165) is 6.42 Å². The second-order valence-electron chi connectivity index (χ2n) is 4.88. The van der Waals surface area contributed by atoms with Gasteiger partial charge in [0.1, 0.15) is 0 Å². The number of benzene rings is 3. The van der Waals surface area contributed by atoms with Gasteiger partial charge < -0.3 is 0 Å². The summed E-state index contributed by atoms with van der Waals surface area (Å²) in [6, 6.07) is 15.5. The van der Waals surface area contributed by atoms with Gasteiger partial charge in [0.15, 0.2) is 0 Å². The normalized spacial score (nSPS) is 13.1. The van der Waals surface area contributed by atoms with E-state index in [2.05, 4.69) is 74.5 Å². The summed E-state index contributed by atoms with van der Waals surface area (Å²) in [4.78, 5) is 0. The Labute approximate surface area is 114 Å². The molecule has 19 heavy (non-hydrogen) atoms. The fourth-order valence-electron chi connectivity index (χ4n) is 2.84. The minimum Gasteiger partial charge on any atom is -0.0870 e. The van der Waals surface area contributed by atoms with E-state index in [0.29, 0.717) is 0 Å². The van der Waals surface area contributed by atoms with E-state index >= 15 is 0 Å². The average Bonchev–Trinajstić information content (AvgIpc) is 2.44. The number of rotatable bonds is 2. The third kappa shape index (κ3) is 1.94. The molecule has 0 bridgehead atoms. The Morgan fingerprint density at radius 1 is 0.895 bits per heavy atom. The standard InChI is InChI=1S/C19H18/c1-3-6-14-10-12-16-8-5-9-17-13-11-15(7-4-2)18(14)19(16)17/h3,5-13H,4H2,1-2H3/b6-3+,15-7-. The highest BCUT2D eigenvalue weighted by Crippen LogP contribution is 2.27. The van der Waals surface area contributed by atoms with Crippen molar-refractivity contribution in [3.63, 3.8) is 0 Å². The Hall–Kier alpha value is -2.08. The molecule has 0 aromatic heterocycles. The topological polar surface area (TPSA) is 0 Å². The summed E-state index contributed by atoms with van der Waals surface area (Å²) in [6.45, 7) is 4.27. The van der Waals surface area contributed by atoms with Crippen LogP contribution in [0.2, 0.25) is 0 Å². The van der Waals surface area contributed by atoms with Crippen LogP contribution in [0.4, 0.5) is 0 Å². The van der Waals surface area contributed by atoms with Crippen molar-refractivity contribution >= 4 is 33.7 Å². The van der Waals surface area contributed by atoms with E-state index in [1.807, 2.05) is 0 Å². The summed E-state index contributed by atoms with van der Waals surface area (Å²) < 4.78 is 0. The van der Waals surface area contributed by atoms with Crippen molar-refractivity contribution in [2.45, 2.75) is 20.3 Å². The Bertz CT molecular complexity index is 791. The van der Waals surface area contributed by atoms with Crippen LogP contribution in [0.5, 0.6) is 0 Å². The molecule has 3 rings (SSSR count). The quantitative estimate of drug-likeness (QED) is 0.601. The van der Waals surface area contributed by atoms with Gasteiger partial charge in [-0.25, -0.2) is 0 Å². The molecule has 0 spiro atoms. The summed E-state index contributed by atoms with van der Waals surface area (Å²) in [5.74, 6) is 0. The lowest BCUT2D eigenvalue weighted by molar-refractivity contribution is 1.29. The van der Waals surface area contributed by atoms with Gasteiger partial charge in [-0.3, -0.25) is 0 Å². The van der Waals surface area contributed by atoms with Crippen molar-refractivity contribution in [2.24, 2.45) is 0 Å². The molecule has 0 atom stereocenters. The maximum Gasteiger partial charge on any atom is -0.00269 e. The van der Waals surface area contributed by atoms with E-state index < -0.39 is 0 Å². The lowest BCUT2D eigenvalue weighted by atomic mass is 9.94. The molecule has 3 aromatic carbocycles. The van der Waals surface area contributed by atoms with Gasteiger partial charge in [-0.2, -0.15) is 0 Å². The molecule has 0 nitrogen and oxygen atoms in total. The molecule has 3 aromatic rings.